The van der Waals surface area contributed by atoms with Gasteiger partial charge in [0.05, 0.1) is 17.7 Å². The average Bonchev–Trinajstić information content (AvgIpc) is 3.16. The molecule has 0 spiro atoms. The fourth-order valence-electron chi connectivity index (χ4n) is 3.93. The molecular formula is C25H24ClF3N2O3S. The predicted molar refractivity (Wildman–Crippen MR) is 131 cm³/mol. The number of ether oxygens (including phenoxy) is 1. The summed E-state index contributed by atoms with van der Waals surface area (Å²) in [6.45, 7) is 4.03. The number of halogens is 4. The molecule has 1 aliphatic rings. The molecule has 0 saturated carbocycles. The molecule has 1 aromatic heterocycles. The van der Waals surface area contributed by atoms with Crippen LogP contribution in [0.25, 0.3) is 0 Å². The standard InChI is InChI=1S/C25H23F3N2O3S.ClH/c1-2-33-24(32)21-19-12-13-30(14-16-6-4-3-5-7-16)15-20(19)34-23(21)29-22(31)17-8-10-18(11-9-17)25(26,27)28;/h3-11H,2,12-15H2,1H3,(H,29,31);1H. The Morgan fingerprint density at radius 2 is 1.77 bits per heavy atom. The first kappa shape index (κ1) is 26.7. The van der Waals surface area contributed by atoms with E-state index in [-0.39, 0.29) is 24.6 Å². The van der Waals surface area contributed by atoms with E-state index in [9.17, 15) is 22.8 Å². The van der Waals surface area contributed by atoms with Crippen molar-refractivity contribution in [1.29, 1.82) is 0 Å². The Bertz CT molecular complexity index is 1180. The Labute approximate surface area is 211 Å². The van der Waals surface area contributed by atoms with Gasteiger partial charge >= 0.3 is 12.1 Å². The maximum Gasteiger partial charge on any atom is 0.416 e. The van der Waals surface area contributed by atoms with Gasteiger partial charge in [0.15, 0.2) is 0 Å². The van der Waals surface area contributed by atoms with E-state index >= 15 is 0 Å². The van der Waals surface area contributed by atoms with Crippen LogP contribution in [-0.2, 0) is 30.4 Å². The van der Waals surface area contributed by atoms with Crippen LogP contribution in [0.1, 0.15) is 49.2 Å². The molecule has 0 atom stereocenters. The number of nitrogens with one attached hydrogen (secondary N) is 1. The molecule has 1 N–H and O–H groups in total. The molecule has 1 amide bonds. The van der Waals surface area contributed by atoms with Crippen LogP contribution < -0.4 is 5.32 Å². The molecule has 0 aliphatic carbocycles. The van der Waals surface area contributed by atoms with Gasteiger partial charge in [-0.1, -0.05) is 30.3 Å². The number of amides is 1. The molecular weight excluding hydrogens is 501 g/mol. The minimum Gasteiger partial charge on any atom is -0.462 e. The minimum absolute atomic E-state index is 0. The van der Waals surface area contributed by atoms with Gasteiger partial charge in [-0.15, -0.1) is 23.7 Å². The van der Waals surface area contributed by atoms with E-state index < -0.39 is 23.6 Å². The Hall–Kier alpha value is -2.88. The van der Waals surface area contributed by atoms with E-state index in [1.165, 1.54) is 16.9 Å². The van der Waals surface area contributed by atoms with Gasteiger partial charge in [-0.2, -0.15) is 13.2 Å². The van der Waals surface area contributed by atoms with E-state index in [1.807, 2.05) is 18.2 Å². The zero-order valence-corrected chi connectivity index (χ0v) is 20.5. The third-order valence-corrected chi connectivity index (χ3v) is 6.70. The van der Waals surface area contributed by atoms with Crippen molar-refractivity contribution in [3.8, 4) is 0 Å². The molecule has 0 unspecified atom stereocenters. The van der Waals surface area contributed by atoms with Crippen molar-refractivity contribution in [2.24, 2.45) is 0 Å². The van der Waals surface area contributed by atoms with Crippen molar-refractivity contribution in [3.05, 3.63) is 87.3 Å². The molecule has 2 aromatic carbocycles. The van der Waals surface area contributed by atoms with Crippen molar-refractivity contribution in [2.75, 3.05) is 18.5 Å². The normalized spacial score (nSPS) is 13.5. The summed E-state index contributed by atoms with van der Waals surface area (Å²) in [5.74, 6) is -1.10. The highest BCUT2D eigenvalue weighted by atomic mass is 35.5. The van der Waals surface area contributed by atoms with Gasteiger partial charge in [0.25, 0.3) is 5.91 Å². The molecule has 1 aliphatic heterocycles. The van der Waals surface area contributed by atoms with Gasteiger partial charge in [0.1, 0.15) is 5.00 Å². The average molecular weight is 525 g/mol. The summed E-state index contributed by atoms with van der Waals surface area (Å²) in [5.41, 5.74) is 1.61. The second-order valence-corrected chi connectivity index (χ2v) is 9.01. The Morgan fingerprint density at radius 3 is 2.40 bits per heavy atom. The van der Waals surface area contributed by atoms with Crippen molar-refractivity contribution >= 4 is 40.6 Å². The van der Waals surface area contributed by atoms with Crippen LogP contribution >= 0.6 is 23.7 Å². The van der Waals surface area contributed by atoms with Gasteiger partial charge in [0, 0.05) is 30.1 Å². The fraction of sp³-hybridized carbons (Fsp3) is 0.280. The molecule has 0 bridgehead atoms. The molecule has 0 radical (unpaired) electrons. The summed E-state index contributed by atoms with van der Waals surface area (Å²) in [6.07, 6.45) is -3.85. The number of hydrogen-bond acceptors (Lipinski definition) is 5. The smallest absolute Gasteiger partial charge is 0.416 e. The number of anilines is 1. The molecule has 186 valence electrons. The Morgan fingerprint density at radius 1 is 1.09 bits per heavy atom. The lowest BCUT2D eigenvalue weighted by Gasteiger charge is -2.27. The summed E-state index contributed by atoms with van der Waals surface area (Å²) in [6, 6.07) is 14.0. The number of rotatable bonds is 6. The number of alkyl halides is 3. The summed E-state index contributed by atoms with van der Waals surface area (Å²) in [5, 5.41) is 3.08. The zero-order valence-electron chi connectivity index (χ0n) is 18.9. The van der Waals surface area contributed by atoms with Crippen LogP contribution in [0.15, 0.2) is 54.6 Å². The second kappa shape index (κ2) is 11.2. The van der Waals surface area contributed by atoms with E-state index in [0.717, 1.165) is 47.8 Å². The first-order valence-corrected chi connectivity index (χ1v) is 11.6. The highest BCUT2D eigenvalue weighted by Crippen LogP contribution is 2.38. The highest BCUT2D eigenvalue weighted by molar-refractivity contribution is 7.17. The number of thiophene rings is 1. The van der Waals surface area contributed by atoms with Gasteiger partial charge in [-0.3, -0.25) is 9.69 Å². The topological polar surface area (TPSA) is 58.6 Å². The van der Waals surface area contributed by atoms with Crippen LogP contribution in [0.3, 0.4) is 0 Å². The van der Waals surface area contributed by atoms with Crippen LogP contribution in [0.2, 0.25) is 0 Å². The number of carbonyl (C=O) groups excluding carboxylic acids is 2. The number of benzene rings is 2. The third kappa shape index (κ3) is 6.22. The van der Waals surface area contributed by atoms with Crippen molar-refractivity contribution in [1.82, 2.24) is 4.90 Å². The first-order valence-electron chi connectivity index (χ1n) is 10.8. The fourth-order valence-corrected chi connectivity index (χ4v) is 5.20. The molecule has 0 fully saturated rings. The van der Waals surface area contributed by atoms with Crippen LogP contribution in [-0.4, -0.2) is 29.9 Å². The van der Waals surface area contributed by atoms with Gasteiger partial charge in [-0.25, -0.2) is 4.79 Å². The predicted octanol–water partition coefficient (Wildman–Crippen LogP) is 6.18. The summed E-state index contributed by atoms with van der Waals surface area (Å²) >= 11 is 1.31. The van der Waals surface area contributed by atoms with Crippen molar-refractivity contribution in [2.45, 2.75) is 32.6 Å². The number of carbonyl (C=O) groups is 2. The highest BCUT2D eigenvalue weighted by Gasteiger charge is 2.31. The SMILES string of the molecule is CCOC(=O)c1c(NC(=O)c2ccc(C(F)(F)F)cc2)sc2c1CCN(Cc1ccccc1)C2.Cl. The largest absolute Gasteiger partial charge is 0.462 e. The van der Waals surface area contributed by atoms with Gasteiger partial charge in [0.2, 0.25) is 0 Å². The number of esters is 1. The monoisotopic (exact) mass is 524 g/mol. The number of fused-ring (bicyclic) bond motifs is 1. The maximum absolute atomic E-state index is 12.8. The summed E-state index contributed by atoms with van der Waals surface area (Å²) in [7, 11) is 0. The lowest BCUT2D eigenvalue weighted by atomic mass is 10.0. The van der Waals surface area contributed by atoms with Crippen LogP contribution in [0.4, 0.5) is 18.2 Å². The summed E-state index contributed by atoms with van der Waals surface area (Å²) in [4.78, 5) is 28.8. The Balaban J connectivity index is 0.00000342. The Kier molecular flexibility index (Phi) is 8.58. The molecule has 4 rings (SSSR count). The number of hydrogen-bond donors (Lipinski definition) is 1. The van der Waals surface area contributed by atoms with Crippen molar-refractivity contribution < 1.29 is 27.5 Å². The second-order valence-electron chi connectivity index (χ2n) is 7.90. The molecule has 35 heavy (non-hydrogen) atoms. The van der Waals surface area contributed by atoms with E-state index in [1.54, 1.807) is 6.92 Å². The van der Waals surface area contributed by atoms with E-state index in [0.29, 0.717) is 23.5 Å². The van der Waals surface area contributed by atoms with Gasteiger partial charge < -0.3 is 10.1 Å². The quantitative estimate of drug-likeness (QED) is 0.391. The van der Waals surface area contributed by atoms with Crippen LogP contribution in [0, 0.1) is 0 Å². The zero-order chi connectivity index (χ0) is 24.3. The van der Waals surface area contributed by atoms with Crippen LogP contribution in [0.5, 0.6) is 0 Å². The molecule has 0 saturated heterocycles. The molecule has 10 heteroatoms. The van der Waals surface area contributed by atoms with E-state index in [4.69, 9.17) is 4.74 Å². The maximum atomic E-state index is 12.8. The molecule has 2 heterocycles. The lowest BCUT2D eigenvalue weighted by molar-refractivity contribution is -0.137. The molecule has 5 nitrogen and oxygen atoms in total. The lowest BCUT2D eigenvalue weighted by Crippen LogP contribution is -2.29. The van der Waals surface area contributed by atoms with Crippen molar-refractivity contribution in [3.63, 3.8) is 0 Å². The number of nitrogens with zero attached hydrogens (tertiary/aromatic N) is 1. The third-order valence-electron chi connectivity index (χ3n) is 5.57. The minimum atomic E-state index is -4.48. The first-order chi connectivity index (χ1) is 16.3. The molecule has 3 aromatic rings. The summed E-state index contributed by atoms with van der Waals surface area (Å²) < 4.78 is 43.7. The van der Waals surface area contributed by atoms with Gasteiger partial charge in [-0.05, 0) is 48.7 Å². The van der Waals surface area contributed by atoms with E-state index in [2.05, 4.69) is 22.3 Å².